The van der Waals surface area contributed by atoms with Gasteiger partial charge in [0.15, 0.2) is 0 Å². The second-order valence-corrected chi connectivity index (χ2v) is 9.93. The Balaban J connectivity index is 1.83. The highest BCUT2D eigenvalue weighted by molar-refractivity contribution is 5.47. The normalized spacial score (nSPS) is 18.7. The van der Waals surface area contributed by atoms with Gasteiger partial charge in [-0.2, -0.15) is 0 Å². The van der Waals surface area contributed by atoms with Crippen molar-refractivity contribution in [2.24, 2.45) is 0 Å². The van der Waals surface area contributed by atoms with E-state index in [0.29, 0.717) is 17.6 Å². The molecule has 2 saturated carbocycles. The predicted molar refractivity (Wildman–Crippen MR) is 128 cm³/mol. The zero-order valence-electron chi connectivity index (χ0n) is 19.5. The van der Waals surface area contributed by atoms with E-state index in [1.54, 1.807) is 0 Å². The minimum absolute atomic E-state index is 0.235. The predicted octanol–water partition coefficient (Wildman–Crippen LogP) is 5.83. The van der Waals surface area contributed by atoms with Crippen molar-refractivity contribution in [1.82, 2.24) is 4.90 Å². The average Bonchev–Trinajstić information content (AvgIpc) is 2.81. The summed E-state index contributed by atoms with van der Waals surface area (Å²) in [4.78, 5) is 2.41. The minimum atomic E-state index is 0.235. The molecule has 176 valence electrons. The highest BCUT2D eigenvalue weighted by Crippen LogP contribution is 2.42. The van der Waals surface area contributed by atoms with Crippen molar-refractivity contribution in [3.05, 3.63) is 28.8 Å². The fraction of sp³-hybridized carbons (Fsp3) is 0.778. The van der Waals surface area contributed by atoms with Crippen LogP contribution in [0.4, 0.5) is 0 Å². The van der Waals surface area contributed by atoms with E-state index in [1.165, 1.54) is 75.3 Å². The Labute approximate surface area is 189 Å². The fourth-order valence-electron chi connectivity index (χ4n) is 5.67. The third-order valence-corrected chi connectivity index (χ3v) is 7.52. The van der Waals surface area contributed by atoms with E-state index < -0.39 is 0 Å². The van der Waals surface area contributed by atoms with Crippen molar-refractivity contribution in [3.63, 3.8) is 0 Å². The van der Waals surface area contributed by atoms with E-state index >= 15 is 0 Å². The van der Waals surface area contributed by atoms with Crippen molar-refractivity contribution < 1.29 is 15.3 Å². The molecule has 2 fully saturated rings. The molecule has 1 aromatic rings. The summed E-state index contributed by atoms with van der Waals surface area (Å²) in [6.45, 7) is 3.09. The zero-order chi connectivity index (χ0) is 21.9. The number of hydrogen-bond donors (Lipinski definition) is 3. The molecular formula is C27H45NO3. The van der Waals surface area contributed by atoms with Gasteiger partial charge in [0.05, 0.1) is 0 Å². The van der Waals surface area contributed by atoms with Gasteiger partial charge in [-0.1, -0.05) is 50.7 Å². The van der Waals surface area contributed by atoms with Crippen LogP contribution in [0.1, 0.15) is 118 Å². The number of phenolic OH excluding ortho intramolecular Hbond substituents is 1. The number of aliphatic hydroxyl groups is 2. The molecule has 0 spiro atoms. The minimum Gasteiger partial charge on any atom is -0.507 e. The summed E-state index contributed by atoms with van der Waals surface area (Å²) in [5.74, 6) is 1.70. The van der Waals surface area contributed by atoms with E-state index in [2.05, 4.69) is 17.0 Å². The van der Waals surface area contributed by atoms with Gasteiger partial charge in [0.25, 0.3) is 0 Å². The molecule has 0 aliphatic heterocycles. The Morgan fingerprint density at radius 3 is 1.81 bits per heavy atom. The van der Waals surface area contributed by atoms with Gasteiger partial charge in [-0.05, 0) is 87.4 Å². The topological polar surface area (TPSA) is 63.9 Å². The smallest absolute Gasteiger partial charge is 0.123 e. The van der Waals surface area contributed by atoms with Gasteiger partial charge in [0.1, 0.15) is 5.75 Å². The molecule has 2 aliphatic rings. The van der Waals surface area contributed by atoms with E-state index in [4.69, 9.17) is 0 Å². The highest BCUT2D eigenvalue weighted by Gasteiger charge is 2.25. The van der Waals surface area contributed by atoms with Gasteiger partial charge in [-0.25, -0.2) is 0 Å². The molecule has 0 saturated heterocycles. The molecule has 2 aliphatic carbocycles. The monoisotopic (exact) mass is 431 g/mol. The molecule has 4 heteroatoms. The molecule has 0 radical (unpaired) electrons. The number of nitrogens with zero attached hydrogens (tertiary/aromatic N) is 1. The SMILES string of the molecule is OCCCCN(CCCCO)Cc1cc(C2CCCCC2)cc(C2CCCCC2)c1O. The Hall–Kier alpha value is -1.10. The first-order chi connectivity index (χ1) is 15.2. The maximum atomic E-state index is 11.3. The molecule has 0 bridgehead atoms. The molecule has 1 aromatic carbocycles. The van der Waals surface area contributed by atoms with E-state index in [0.717, 1.165) is 50.9 Å². The quantitative estimate of drug-likeness (QED) is 0.364. The van der Waals surface area contributed by atoms with Crippen LogP contribution < -0.4 is 0 Å². The largest absolute Gasteiger partial charge is 0.507 e. The lowest BCUT2D eigenvalue weighted by Gasteiger charge is -2.29. The van der Waals surface area contributed by atoms with Crippen LogP contribution in [0.5, 0.6) is 5.75 Å². The third-order valence-electron chi connectivity index (χ3n) is 7.52. The Morgan fingerprint density at radius 1 is 0.710 bits per heavy atom. The van der Waals surface area contributed by atoms with E-state index in [9.17, 15) is 15.3 Å². The maximum absolute atomic E-state index is 11.3. The maximum Gasteiger partial charge on any atom is 0.123 e. The average molecular weight is 432 g/mol. The highest BCUT2D eigenvalue weighted by atomic mass is 16.3. The van der Waals surface area contributed by atoms with E-state index in [1.807, 2.05) is 0 Å². The number of hydrogen-bond acceptors (Lipinski definition) is 4. The summed E-state index contributed by atoms with van der Waals surface area (Å²) >= 11 is 0. The molecule has 31 heavy (non-hydrogen) atoms. The molecule has 0 heterocycles. The number of unbranched alkanes of at least 4 members (excludes halogenated alkanes) is 2. The van der Waals surface area contributed by atoms with Crippen LogP contribution in [-0.4, -0.2) is 46.5 Å². The zero-order valence-corrected chi connectivity index (χ0v) is 19.5. The van der Waals surface area contributed by atoms with Crippen LogP contribution in [-0.2, 0) is 6.54 Å². The van der Waals surface area contributed by atoms with Gasteiger partial charge >= 0.3 is 0 Å². The van der Waals surface area contributed by atoms with E-state index in [-0.39, 0.29) is 13.2 Å². The van der Waals surface area contributed by atoms with Crippen LogP contribution in [0, 0.1) is 0 Å². The Bertz CT molecular complexity index is 626. The van der Waals surface area contributed by atoms with Crippen LogP contribution >= 0.6 is 0 Å². The third kappa shape index (κ3) is 7.47. The van der Waals surface area contributed by atoms with Crippen molar-refractivity contribution >= 4 is 0 Å². The van der Waals surface area contributed by atoms with Crippen molar-refractivity contribution in [2.75, 3.05) is 26.3 Å². The first kappa shape index (κ1) is 24.5. The fourth-order valence-corrected chi connectivity index (χ4v) is 5.67. The van der Waals surface area contributed by atoms with Crippen LogP contribution in [0.3, 0.4) is 0 Å². The van der Waals surface area contributed by atoms with Crippen LogP contribution in [0.15, 0.2) is 12.1 Å². The molecule has 0 unspecified atom stereocenters. The second-order valence-electron chi connectivity index (χ2n) is 9.93. The summed E-state index contributed by atoms with van der Waals surface area (Å²) in [6, 6.07) is 4.68. The molecule has 3 N–H and O–H groups in total. The summed E-state index contributed by atoms with van der Waals surface area (Å²) in [5, 5.41) is 29.7. The van der Waals surface area contributed by atoms with Crippen LogP contribution in [0.25, 0.3) is 0 Å². The van der Waals surface area contributed by atoms with Crippen LogP contribution in [0.2, 0.25) is 0 Å². The Morgan fingerprint density at radius 2 is 1.26 bits per heavy atom. The standard InChI is InChI=1S/C27H45NO3/c29-17-9-7-15-28(16-8-10-18-30)21-25-19-24(22-11-3-1-4-12-22)20-26(27(25)31)23-13-5-2-6-14-23/h19-20,22-23,29-31H,1-18,21H2. The lowest BCUT2D eigenvalue weighted by Crippen LogP contribution is -2.26. The van der Waals surface area contributed by atoms with Gasteiger partial charge in [0, 0.05) is 25.3 Å². The van der Waals surface area contributed by atoms with Gasteiger partial charge in [-0.15, -0.1) is 0 Å². The van der Waals surface area contributed by atoms with Gasteiger partial charge < -0.3 is 15.3 Å². The second kappa shape index (κ2) is 13.4. The first-order valence-electron chi connectivity index (χ1n) is 13.0. The first-order valence-corrected chi connectivity index (χ1v) is 13.0. The number of aromatic hydroxyl groups is 1. The van der Waals surface area contributed by atoms with Crippen molar-refractivity contribution in [2.45, 2.75) is 108 Å². The lowest BCUT2D eigenvalue weighted by molar-refractivity contribution is 0.219. The lowest BCUT2D eigenvalue weighted by atomic mass is 9.78. The number of rotatable bonds is 12. The summed E-state index contributed by atoms with van der Waals surface area (Å²) in [7, 11) is 0. The molecule has 4 nitrogen and oxygen atoms in total. The van der Waals surface area contributed by atoms with Crippen molar-refractivity contribution in [1.29, 1.82) is 0 Å². The molecule has 0 aromatic heterocycles. The summed E-state index contributed by atoms with van der Waals surface area (Å²) < 4.78 is 0. The molecule has 0 amide bonds. The number of aliphatic hydroxyl groups excluding tert-OH is 2. The van der Waals surface area contributed by atoms with Crippen molar-refractivity contribution in [3.8, 4) is 5.75 Å². The summed E-state index contributed by atoms with van der Waals surface area (Å²) in [6.07, 6.45) is 16.4. The number of benzene rings is 1. The molecular weight excluding hydrogens is 386 g/mol. The summed E-state index contributed by atoms with van der Waals surface area (Å²) in [5.41, 5.74) is 3.76. The molecule has 0 atom stereocenters. The molecule has 3 rings (SSSR count). The van der Waals surface area contributed by atoms with Gasteiger partial charge in [-0.3, -0.25) is 4.90 Å². The number of phenols is 1. The van der Waals surface area contributed by atoms with Gasteiger partial charge in [0.2, 0.25) is 0 Å². The Kier molecular flexibility index (Phi) is 10.6.